The highest BCUT2D eigenvalue weighted by Crippen LogP contribution is 2.31. The topological polar surface area (TPSA) is 90.7 Å². The van der Waals surface area contributed by atoms with Crippen LogP contribution in [0.3, 0.4) is 0 Å². The highest BCUT2D eigenvalue weighted by Gasteiger charge is 2.21. The summed E-state index contributed by atoms with van der Waals surface area (Å²) in [5.74, 6) is 0.269. The van der Waals surface area contributed by atoms with E-state index < -0.39 is 10.8 Å². The molecular weight excluding hydrogens is 336 g/mol. The van der Waals surface area contributed by atoms with Crippen LogP contribution in [-0.2, 0) is 0 Å². The first-order valence-corrected chi connectivity index (χ1v) is 8.48. The zero-order valence-corrected chi connectivity index (χ0v) is 14.4. The average Bonchev–Trinajstić information content (AvgIpc) is 3.15. The van der Waals surface area contributed by atoms with Gasteiger partial charge in [0.25, 0.3) is 5.91 Å². The van der Waals surface area contributed by atoms with Crippen molar-refractivity contribution in [1.29, 1.82) is 0 Å². The van der Waals surface area contributed by atoms with Crippen molar-refractivity contribution in [3.63, 3.8) is 0 Å². The number of carbonyl (C=O) groups excluding carboxylic acids is 1. The second-order valence-electron chi connectivity index (χ2n) is 6.12. The second kappa shape index (κ2) is 7.86. The number of amides is 1. The van der Waals surface area contributed by atoms with Crippen molar-refractivity contribution in [3.8, 4) is 11.5 Å². The van der Waals surface area contributed by atoms with E-state index in [9.17, 15) is 14.9 Å². The summed E-state index contributed by atoms with van der Waals surface area (Å²) >= 11 is 0. The molecule has 3 rings (SSSR count). The Morgan fingerprint density at radius 1 is 1.15 bits per heavy atom. The van der Waals surface area contributed by atoms with Crippen LogP contribution in [0.15, 0.2) is 42.5 Å². The Bertz CT molecular complexity index is 815. The number of benzene rings is 2. The Morgan fingerprint density at radius 2 is 1.88 bits per heavy atom. The maximum absolute atomic E-state index is 12.5. The molecule has 0 heterocycles. The average molecular weight is 356 g/mol. The third-order valence-electron chi connectivity index (χ3n) is 4.37. The van der Waals surface area contributed by atoms with Gasteiger partial charge in [-0.25, -0.2) is 0 Å². The van der Waals surface area contributed by atoms with Gasteiger partial charge < -0.3 is 14.8 Å². The minimum atomic E-state index is -0.577. The van der Waals surface area contributed by atoms with E-state index in [-0.39, 0.29) is 23.1 Å². The summed E-state index contributed by atoms with van der Waals surface area (Å²) in [6.45, 7) is 0. The van der Waals surface area contributed by atoms with Crippen molar-refractivity contribution in [2.24, 2.45) is 0 Å². The smallest absolute Gasteiger partial charge is 0.311 e. The minimum absolute atomic E-state index is 0.108. The first kappa shape index (κ1) is 17.7. The maximum atomic E-state index is 12.5. The molecule has 0 saturated heterocycles. The lowest BCUT2D eigenvalue weighted by Crippen LogP contribution is -2.16. The van der Waals surface area contributed by atoms with Crippen LogP contribution in [0.25, 0.3) is 0 Å². The fraction of sp³-hybridized carbons (Fsp3) is 0.316. The summed E-state index contributed by atoms with van der Waals surface area (Å²) in [4.78, 5) is 23.1. The fourth-order valence-corrected chi connectivity index (χ4v) is 3.03. The van der Waals surface area contributed by atoms with Gasteiger partial charge in [-0.1, -0.05) is 12.1 Å². The van der Waals surface area contributed by atoms with Crippen molar-refractivity contribution in [3.05, 3.63) is 58.1 Å². The highest BCUT2D eigenvalue weighted by molar-refractivity contribution is 6.05. The number of hydrogen-bond acceptors (Lipinski definition) is 5. The van der Waals surface area contributed by atoms with Gasteiger partial charge in [0.05, 0.1) is 23.8 Å². The molecule has 1 fully saturated rings. The summed E-state index contributed by atoms with van der Waals surface area (Å²) in [6.07, 6.45) is 4.47. The predicted octanol–water partition coefficient (Wildman–Crippen LogP) is 4.18. The summed E-state index contributed by atoms with van der Waals surface area (Å²) < 4.78 is 11.0. The SMILES string of the molecule is COc1ccc(C(=O)Nc2ccccc2OC2CCCC2)cc1[N+](=O)[O-]. The Morgan fingerprint density at radius 3 is 2.58 bits per heavy atom. The van der Waals surface area contributed by atoms with Crippen molar-refractivity contribution in [2.45, 2.75) is 31.8 Å². The molecule has 26 heavy (non-hydrogen) atoms. The van der Waals surface area contributed by atoms with Crippen molar-refractivity contribution in [2.75, 3.05) is 12.4 Å². The van der Waals surface area contributed by atoms with Gasteiger partial charge >= 0.3 is 5.69 Å². The zero-order chi connectivity index (χ0) is 18.5. The molecule has 1 amide bonds. The van der Waals surface area contributed by atoms with Crippen LogP contribution in [0.5, 0.6) is 11.5 Å². The highest BCUT2D eigenvalue weighted by atomic mass is 16.6. The lowest BCUT2D eigenvalue weighted by Gasteiger charge is -2.17. The van der Waals surface area contributed by atoms with E-state index in [0.717, 1.165) is 25.7 Å². The van der Waals surface area contributed by atoms with E-state index in [2.05, 4.69) is 5.32 Å². The number of rotatable bonds is 6. The molecular formula is C19H20N2O5. The number of nitrogens with one attached hydrogen (secondary N) is 1. The predicted molar refractivity (Wildman–Crippen MR) is 96.9 cm³/mol. The number of carbonyl (C=O) groups is 1. The maximum Gasteiger partial charge on any atom is 0.311 e. The molecule has 0 bridgehead atoms. The molecule has 2 aromatic rings. The number of methoxy groups -OCH3 is 1. The molecule has 1 aliphatic carbocycles. The van der Waals surface area contributed by atoms with Crippen LogP contribution in [0.4, 0.5) is 11.4 Å². The molecule has 0 aromatic heterocycles. The van der Waals surface area contributed by atoms with Gasteiger partial charge in [0.15, 0.2) is 5.75 Å². The third-order valence-corrected chi connectivity index (χ3v) is 4.37. The van der Waals surface area contributed by atoms with Gasteiger partial charge in [0, 0.05) is 11.6 Å². The molecule has 7 heteroatoms. The Balaban J connectivity index is 1.80. The number of nitro benzene ring substituents is 1. The molecule has 0 spiro atoms. The second-order valence-corrected chi connectivity index (χ2v) is 6.12. The first-order chi connectivity index (χ1) is 12.6. The zero-order valence-electron chi connectivity index (χ0n) is 14.4. The summed E-state index contributed by atoms with van der Waals surface area (Å²) in [7, 11) is 1.35. The first-order valence-electron chi connectivity index (χ1n) is 8.48. The summed E-state index contributed by atoms with van der Waals surface area (Å²) in [6, 6.07) is 11.3. The van der Waals surface area contributed by atoms with Crippen LogP contribution in [-0.4, -0.2) is 24.0 Å². The normalized spacial score (nSPS) is 14.0. The standard InChI is InChI=1S/C19H20N2O5/c1-25-18-11-10-13(12-16(18)21(23)24)19(22)20-15-8-4-5-9-17(15)26-14-6-2-3-7-14/h4-5,8-12,14H,2-3,6-7H2,1H3,(H,20,22). The number of para-hydroxylation sites is 2. The molecule has 2 aromatic carbocycles. The van der Waals surface area contributed by atoms with E-state index in [1.807, 2.05) is 12.1 Å². The van der Waals surface area contributed by atoms with E-state index >= 15 is 0 Å². The molecule has 0 aliphatic heterocycles. The molecule has 1 N–H and O–H groups in total. The van der Waals surface area contributed by atoms with Crippen LogP contribution in [0, 0.1) is 10.1 Å². The quantitative estimate of drug-likeness (QED) is 0.619. The Kier molecular flexibility index (Phi) is 5.36. The van der Waals surface area contributed by atoms with Gasteiger partial charge in [-0.3, -0.25) is 14.9 Å². The Labute approximate surface area is 151 Å². The van der Waals surface area contributed by atoms with Crippen molar-refractivity contribution in [1.82, 2.24) is 0 Å². The van der Waals surface area contributed by atoms with E-state index in [1.165, 1.54) is 25.3 Å². The summed E-state index contributed by atoms with van der Waals surface area (Å²) in [5.41, 5.74) is 0.465. The van der Waals surface area contributed by atoms with E-state index in [1.54, 1.807) is 12.1 Å². The van der Waals surface area contributed by atoms with Crippen molar-refractivity contribution < 1.29 is 19.2 Å². The third kappa shape index (κ3) is 3.93. The van der Waals surface area contributed by atoms with Crippen molar-refractivity contribution >= 4 is 17.3 Å². The number of ether oxygens (including phenoxy) is 2. The lowest BCUT2D eigenvalue weighted by atomic mass is 10.1. The van der Waals surface area contributed by atoms with Crippen LogP contribution in [0.2, 0.25) is 0 Å². The fourth-order valence-electron chi connectivity index (χ4n) is 3.03. The molecule has 7 nitrogen and oxygen atoms in total. The van der Waals surface area contributed by atoms with Crippen LogP contribution < -0.4 is 14.8 Å². The Hall–Kier alpha value is -3.09. The van der Waals surface area contributed by atoms with Gasteiger partial charge in [-0.2, -0.15) is 0 Å². The summed E-state index contributed by atoms with van der Waals surface area (Å²) in [5, 5.41) is 13.9. The lowest BCUT2D eigenvalue weighted by molar-refractivity contribution is -0.385. The van der Waals surface area contributed by atoms with E-state index in [0.29, 0.717) is 11.4 Å². The number of nitro groups is 1. The van der Waals surface area contributed by atoms with Gasteiger partial charge in [-0.15, -0.1) is 0 Å². The number of anilines is 1. The molecule has 0 radical (unpaired) electrons. The molecule has 1 saturated carbocycles. The van der Waals surface area contributed by atoms with Crippen LogP contribution >= 0.6 is 0 Å². The van der Waals surface area contributed by atoms with Gasteiger partial charge in [-0.05, 0) is 49.9 Å². The van der Waals surface area contributed by atoms with Gasteiger partial charge in [0.2, 0.25) is 0 Å². The van der Waals surface area contributed by atoms with Gasteiger partial charge in [0.1, 0.15) is 5.75 Å². The van der Waals surface area contributed by atoms with E-state index in [4.69, 9.17) is 9.47 Å². The number of hydrogen-bond donors (Lipinski definition) is 1. The molecule has 0 unspecified atom stereocenters. The monoisotopic (exact) mass is 356 g/mol. The number of nitrogens with zero attached hydrogens (tertiary/aromatic N) is 1. The molecule has 136 valence electrons. The minimum Gasteiger partial charge on any atom is -0.490 e. The molecule has 1 aliphatic rings. The van der Waals surface area contributed by atoms with Crippen LogP contribution in [0.1, 0.15) is 36.0 Å². The largest absolute Gasteiger partial charge is 0.490 e. The molecule has 0 atom stereocenters.